The zero-order valence-corrected chi connectivity index (χ0v) is 11.6. The lowest BCUT2D eigenvalue weighted by molar-refractivity contribution is 0.0977. The molecule has 0 aromatic carbocycles. The van der Waals surface area contributed by atoms with Gasteiger partial charge in [0.1, 0.15) is 0 Å². The summed E-state index contributed by atoms with van der Waals surface area (Å²) < 4.78 is 4.78. The molecule has 1 aromatic heterocycles. The summed E-state index contributed by atoms with van der Waals surface area (Å²) in [4.78, 5) is 6.66. The van der Waals surface area contributed by atoms with Crippen LogP contribution < -0.4 is 5.32 Å². The van der Waals surface area contributed by atoms with Crippen molar-refractivity contribution in [3.63, 3.8) is 0 Å². The van der Waals surface area contributed by atoms with Crippen LogP contribution in [0.1, 0.15) is 33.0 Å². The number of aromatic nitrogens is 2. The summed E-state index contributed by atoms with van der Waals surface area (Å²) in [7, 11) is 0. The number of rotatable bonds is 5. The molecule has 5 nitrogen and oxygen atoms in total. The molecule has 0 saturated carbocycles. The van der Waals surface area contributed by atoms with Gasteiger partial charge in [-0.1, -0.05) is 25.9 Å². The Morgan fingerprint density at radius 1 is 1.56 bits per heavy atom. The molecule has 2 heterocycles. The molecular formula is C13H24N4O. The summed E-state index contributed by atoms with van der Waals surface area (Å²) in [6, 6.07) is 1.23. The van der Waals surface area contributed by atoms with Gasteiger partial charge in [-0.2, -0.15) is 4.98 Å². The molecule has 2 rings (SSSR count). The molecule has 1 saturated heterocycles. The van der Waals surface area contributed by atoms with Gasteiger partial charge in [0.15, 0.2) is 5.82 Å². The minimum atomic E-state index is 0.611. The maximum atomic E-state index is 4.78. The van der Waals surface area contributed by atoms with Gasteiger partial charge in [0.05, 0.1) is 0 Å². The molecule has 0 amide bonds. The van der Waals surface area contributed by atoms with E-state index in [1.54, 1.807) is 0 Å². The quantitative estimate of drug-likeness (QED) is 0.856. The first-order chi connectivity index (χ1) is 8.70. The number of nitrogens with zero attached hydrogens (tertiary/aromatic N) is 3. The van der Waals surface area contributed by atoms with Gasteiger partial charge >= 0.3 is 0 Å². The maximum absolute atomic E-state index is 4.78. The number of piperazine rings is 1. The third-order valence-corrected chi connectivity index (χ3v) is 3.83. The SMILES string of the molecule is CCC1CN(CCc2ncon2)C(C(C)C)CN1. The summed E-state index contributed by atoms with van der Waals surface area (Å²) in [5.74, 6) is 1.48. The molecule has 0 aliphatic carbocycles. The van der Waals surface area contributed by atoms with Crippen LogP contribution in [0.25, 0.3) is 0 Å². The monoisotopic (exact) mass is 252 g/mol. The maximum Gasteiger partial charge on any atom is 0.213 e. The molecule has 1 aromatic rings. The van der Waals surface area contributed by atoms with Gasteiger partial charge in [0, 0.05) is 38.1 Å². The summed E-state index contributed by atoms with van der Waals surface area (Å²) in [6.07, 6.45) is 3.46. The molecule has 1 aliphatic heterocycles. The fraction of sp³-hybridized carbons (Fsp3) is 0.846. The number of hydrogen-bond acceptors (Lipinski definition) is 5. The Labute approximate surface area is 109 Å². The second-order valence-electron chi connectivity index (χ2n) is 5.42. The molecule has 1 aliphatic rings. The third kappa shape index (κ3) is 3.29. The highest BCUT2D eigenvalue weighted by Crippen LogP contribution is 2.16. The van der Waals surface area contributed by atoms with E-state index in [0.29, 0.717) is 18.0 Å². The first-order valence-corrected chi connectivity index (χ1v) is 6.93. The van der Waals surface area contributed by atoms with Gasteiger partial charge in [0.2, 0.25) is 6.39 Å². The first kappa shape index (κ1) is 13.5. The molecule has 102 valence electrons. The van der Waals surface area contributed by atoms with Crippen LogP contribution in [0.15, 0.2) is 10.9 Å². The van der Waals surface area contributed by atoms with Crippen LogP contribution in [0.5, 0.6) is 0 Å². The Morgan fingerprint density at radius 3 is 3.00 bits per heavy atom. The van der Waals surface area contributed by atoms with Crippen molar-refractivity contribution < 1.29 is 4.52 Å². The van der Waals surface area contributed by atoms with Crippen LogP contribution in [0.4, 0.5) is 0 Å². The smallest absolute Gasteiger partial charge is 0.213 e. The predicted octanol–water partition coefficient (Wildman–Crippen LogP) is 1.32. The van der Waals surface area contributed by atoms with Gasteiger partial charge in [-0.05, 0) is 12.3 Å². The Balaban J connectivity index is 1.92. The zero-order valence-electron chi connectivity index (χ0n) is 11.6. The molecular weight excluding hydrogens is 228 g/mol. The van der Waals surface area contributed by atoms with Crippen molar-refractivity contribution in [2.45, 2.75) is 45.7 Å². The topological polar surface area (TPSA) is 54.2 Å². The van der Waals surface area contributed by atoms with E-state index < -0.39 is 0 Å². The van der Waals surface area contributed by atoms with Gasteiger partial charge in [0.25, 0.3) is 0 Å². The fourth-order valence-electron chi connectivity index (χ4n) is 2.63. The molecule has 0 spiro atoms. The Morgan fingerprint density at radius 2 is 2.39 bits per heavy atom. The van der Waals surface area contributed by atoms with Crippen LogP contribution in [-0.2, 0) is 6.42 Å². The molecule has 5 heteroatoms. The molecule has 2 unspecified atom stereocenters. The zero-order chi connectivity index (χ0) is 13.0. The van der Waals surface area contributed by atoms with E-state index >= 15 is 0 Å². The van der Waals surface area contributed by atoms with Gasteiger partial charge in [-0.15, -0.1) is 0 Å². The van der Waals surface area contributed by atoms with Gasteiger partial charge in [-0.3, -0.25) is 4.90 Å². The van der Waals surface area contributed by atoms with Gasteiger partial charge < -0.3 is 9.84 Å². The lowest BCUT2D eigenvalue weighted by Crippen LogP contribution is -2.58. The Bertz CT molecular complexity index is 339. The van der Waals surface area contributed by atoms with Crippen molar-refractivity contribution in [1.29, 1.82) is 0 Å². The van der Waals surface area contributed by atoms with Crippen LogP contribution >= 0.6 is 0 Å². The van der Waals surface area contributed by atoms with Crippen LogP contribution in [0.2, 0.25) is 0 Å². The fourth-order valence-corrected chi connectivity index (χ4v) is 2.63. The van der Waals surface area contributed by atoms with Crippen LogP contribution in [-0.4, -0.2) is 46.8 Å². The minimum Gasteiger partial charge on any atom is -0.343 e. The van der Waals surface area contributed by atoms with E-state index in [1.165, 1.54) is 12.8 Å². The van der Waals surface area contributed by atoms with Crippen LogP contribution in [0.3, 0.4) is 0 Å². The lowest BCUT2D eigenvalue weighted by Gasteiger charge is -2.42. The highest BCUT2D eigenvalue weighted by atomic mass is 16.5. The highest BCUT2D eigenvalue weighted by molar-refractivity contribution is 4.89. The van der Waals surface area contributed by atoms with Crippen molar-refractivity contribution in [2.24, 2.45) is 5.92 Å². The van der Waals surface area contributed by atoms with E-state index in [9.17, 15) is 0 Å². The number of nitrogens with one attached hydrogen (secondary N) is 1. The molecule has 2 atom stereocenters. The summed E-state index contributed by atoms with van der Waals surface area (Å²) in [5, 5.41) is 7.51. The molecule has 0 bridgehead atoms. The lowest BCUT2D eigenvalue weighted by atomic mass is 9.97. The van der Waals surface area contributed by atoms with E-state index in [1.807, 2.05) is 0 Å². The standard InChI is InChI=1S/C13H24N4O/c1-4-11-8-17(12(7-14-11)10(2)3)6-5-13-15-9-18-16-13/h9-12,14H,4-8H2,1-3H3. The Hall–Kier alpha value is -0.940. The van der Waals surface area contributed by atoms with Crippen molar-refractivity contribution in [1.82, 2.24) is 20.4 Å². The third-order valence-electron chi connectivity index (χ3n) is 3.83. The normalized spacial score (nSPS) is 25.8. The highest BCUT2D eigenvalue weighted by Gasteiger charge is 2.28. The summed E-state index contributed by atoms with van der Waals surface area (Å²) in [5.41, 5.74) is 0. The molecule has 18 heavy (non-hydrogen) atoms. The van der Waals surface area contributed by atoms with Crippen molar-refractivity contribution in [3.8, 4) is 0 Å². The molecule has 0 radical (unpaired) electrons. The van der Waals surface area contributed by atoms with Crippen LogP contribution in [0, 0.1) is 5.92 Å². The average molecular weight is 252 g/mol. The van der Waals surface area contributed by atoms with E-state index in [-0.39, 0.29) is 0 Å². The van der Waals surface area contributed by atoms with Crippen molar-refractivity contribution >= 4 is 0 Å². The Kier molecular flexibility index (Phi) is 4.72. The molecule has 1 fully saturated rings. The minimum absolute atomic E-state index is 0.611. The van der Waals surface area contributed by atoms with Crippen molar-refractivity contribution in [3.05, 3.63) is 12.2 Å². The van der Waals surface area contributed by atoms with E-state index in [0.717, 1.165) is 31.9 Å². The predicted molar refractivity (Wildman–Crippen MR) is 70.3 cm³/mol. The second kappa shape index (κ2) is 6.29. The molecule has 1 N–H and O–H groups in total. The van der Waals surface area contributed by atoms with E-state index in [2.05, 4.69) is 41.1 Å². The summed E-state index contributed by atoms with van der Waals surface area (Å²) >= 11 is 0. The first-order valence-electron chi connectivity index (χ1n) is 6.93. The summed E-state index contributed by atoms with van der Waals surface area (Å²) in [6.45, 7) is 10.0. The van der Waals surface area contributed by atoms with E-state index in [4.69, 9.17) is 4.52 Å². The van der Waals surface area contributed by atoms with Crippen molar-refractivity contribution in [2.75, 3.05) is 19.6 Å². The number of hydrogen-bond donors (Lipinski definition) is 1. The largest absolute Gasteiger partial charge is 0.343 e. The van der Waals surface area contributed by atoms with Gasteiger partial charge in [-0.25, -0.2) is 0 Å². The second-order valence-corrected chi connectivity index (χ2v) is 5.42. The average Bonchev–Trinajstić information content (AvgIpc) is 2.88.